The largest absolute Gasteiger partial charge is 0.478 e. The first-order chi connectivity index (χ1) is 11.8. The van der Waals surface area contributed by atoms with Gasteiger partial charge in [0, 0.05) is 10.1 Å². The van der Waals surface area contributed by atoms with E-state index in [1.54, 1.807) is 0 Å². The molecule has 1 aliphatic rings. The molecule has 25 heavy (non-hydrogen) atoms. The minimum Gasteiger partial charge on any atom is -0.478 e. The zero-order valence-corrected chi connectivity index (χ0v) is 14.4. The van der Waals surface area contributed by atoms with Crippen LogP contribution in [0.3, 0.4) is 0 Å². The van der Waals surface area contributed by atoms with Gasteiger partial charge in [0.2, 0.25) is 0 Å². The molecule has 1 fully saturated rings. The number of hydrogen-bond donors (Lipinski definition) is 2. The SMILES string of the molecule is O=C(O)c1ccc(F)cc1NS(=O)(=O)c1ccc(S(=O)C2CC2)cc1. The lowest BCUT2D eigenvalue weighted by atomic mass is 10.2. The van der Waals surface area contributed by atoms with Crippen LogP contribution < -0.4 is 4.72 Å². The van der Waals surface area contributed by atoms with Gasteiger partial charge < -0.3 is 5.11 Å². The number of carboxylic acids is 1. The molecule has 0 heterocycles. The van der Waals surface area contributed by atoms with Crippen LogP contribution in [0.2, 0.25) is 0 Å². The average Bonchev–Trinajstić information content (AvgIpc) is 3.38. The summed E-state index contributed by atoms with van der Waals surface area (Å²) in [6, 6.07) is 8.23. The van der Waals surface area contributed by atoms with Crippen LogP contribution in [0.15, 0.2) is 52.3 Å². The van der Waals surface area contributed by atoms with Crippen molar-refractivity contribution in [2.24, 2.45) is 0 Å². The second-order valence-corrected chi connectivity index (χ2v) is 8.98. The van der Waals surface area contributed by atoms with E-state index in [0.717, 1.165) is 31.0 Å². The maximum atomic E-state index is 13.3. The second-order valence-electron chi connectivity index (χ2n) is 5.57. The Labute approximate surface area is 146 Å². The number of hydrogen-bond acceptors (Lipinski definition) is 4. The van der Waals surface area contributed by atoms with E-state index in [9.17, 15) is 21.8 Å². The highest BCUT2D eigenvalue weighted by atomic mass is 32.2. The van der Waals surface area contributed by atoms with E-state index >= 15 is 0 Å². The molecule has 1 unspecified atom stereocenters. The highest BCUT2D eigenvalue weighted by molar-refractivity contribution is 7.92. The van der Waals surface area contributed by atoms with Gasteiger partial charge in [-0.2, -0.15) is 0 Å². The Morgan fingerprint density at radius 3 is 2.36 bits per heavy atom. The first kappa shape index (κ1) is 17.6. The molecule has 1 atom stereocenters. The van der Waals surface area contributed by atoms with Crippen LogP contribution in [-0.2, 0) is 20.8 Å². The van der Waals surface area contributed by atoms with Gasteiger partial charge >= 0.3 is 5.97 Å². The third kappa shape index (κ3) is 3.88. The molecule has 0 saturated heterocycles. The van der Waals surface area contributed by atoms with Gasteiger partial charge in [-0.25, -0.2) is 17.6 Å². The van der Waals surface area contributed by atoms with Gasteiger partial charge in [-0.1, -0.05) is 0 Å². The van der Waals surface area contributed by atoms with Crippen molar-refractivity contribution in [1.29, 1.82) is 0 Å². The molecule has 1 aliphatic carbocycles. The minimum atomic E-state index is -4.11. The Kier molecular flexibility index (Phi) is 4.61. The van der Waals surface area contributed by atoms with Crippen LogP contribution in [0.1, 0.15) is 23.2 Å². The summed E-state index contributed by atoms with van der Waals surface area (Å²) in [6.07, 6.45) is 1.79. The van der Waals surface area contributed by atoms with Gasteiger partial charge in [0.25, 0.3) is 10.0 Å². The predicted octanol–water partition coefficient (Wildman–Crippen LogP) is 2.59. The zero-order chi connectivity index (χ0) is 18.2. The van der Waals surface area contributed by atoms with Gasteiger partial charge in [-0.15, -0.1) is 0 Å². The number of sulfonamides is 1. The van der Waals surface area contributed by atoms with Gasteiger partial charge in [0.05, 0.1) is 26.9 Å². The highest BCUT2D eigenvalue weighted by Gasteiger charge is 2.29. The van der Waals surface area contributed by atoms with E-state index in [-0.39, 0.29) is 21.4 Å². The van der Waals surface area contributed by atoms with E-state index in [1.807, 2.05) is 0 Å². The Balaban J connectivity index is 1.88. The molecule has 2 N–H and O–H groups in total. The third-order valence-electron chi connectivity index (χ3n) is 3.65. The topological polar surface area (TPSA) is 101 Å². The first-order valence-electron chi connectivity index (χ1n) is 7.34. The minimum absolute atomic E-state index is 0.131. The number of anilines is 1. The van der Waals surface area contributed by atoms with Crippen LogP contribution >= 0.6 is 0 Å². The summed E-state index contributed by atoms with van der Waals surface area (Å²) in [5, 5.41) is 9.22. The molecule has 2 aromatic carbocycles. The fraction of sp³-hybridized carbons (Fsp3) is 0.188. The monoisotopic (exact) mass is 383 g/mol. The lowest BCUT2D eigenvalue weighted by Gasteiger charge is -2.11. The van der Waals surface area contributed by atoms with E-state index in [1.165, 1.54) is 24.3 Å². The fourth-order valence-electron chi connectivity index (χ4n) is 2.22. The lowest BCUT2D eigenvalue weighted by molar-refractivity contribution is 0.0698. The summed E-state index contributed by atoms with van der Waals surface area (Å²) < 4.78 is 52.3. The Morgan fingerprint density at radius 2 is 1.80 bits per heavy atom. The van der Waals surface area contributed by atoms with Gasteiger partial charge in [0.1, 0.15) is 5.82 Å². The predicted molar refractivity (Wildman–Crippen MR) is 90.0 cm³/mol. The first-order valence-corrected chi connectivity index (χ1v) is 10.0. The van der Waals surface area contributed by atoms with Crippen molar-refractivity contribution < 1.29 is 26.9 Å². The summed E-state index contributed by atoms with van der Waals surface area (Å²) in [7, 11) is -5.26. The lowest BCUT2D eigenvalue weighted by Crippen LogP contribution is -2.16. The fourth-order valence-corrected chi connectivity index (χ4v) is 4.64. The molecule has 0 aromatic heterocycles. The normalized spacial score (nSPS) is 15.6. The summed E-state index contributed by atoms with van der Waals surface area (Å²) in [5.41, 5.74) is -0.727. The molecule has 3 rings (SSSR count). The van der Waals surface area contributed by atoms with Crippen LogP contribution in [0.5, 0.6) is 0 Å². The van der Waals surface area contributed by atoms with Crippen LogP contribution in [-0.4, -0.2) is 29.0 Å². The molecule has 2 aromatic rings. The van der Waals surface area contributed by atoms with Gasteiger partial charge in [0.15, 0.2) is 0 Å². The quantitative estimate of drug-likeness (QED) is 0.799. The third-order valence-corrected chi connectivity index (χ3v) is 6.84. The summed E-state index contributed by atoms with van der Waals surface area (Å²) in [5.74, 6) is -2.15. The van der Waals surface area contributed by atoms with Gasteiger partial charge in [-0.05, 0) is 55.3 Å². The smallest absolute Gasteiger partial charge is 0.337 e. The molecular weight excluding hydrogens is 369 g/mol. The van der Waals surface area contributed by atoms with E-state index in [0.29, 0.717) is 4.90 Å². The van der Waals surface area contributed by atoms with Crippen molar-refractivity contribution >= 4 is 32.5 Å². The van der Waals surface area contributed by atoms with Crippen LogP contribution in [0.25, 0.3) is 0 Å². The standard InChI is InChI=1S/C16H14FNO5S2/c17-10-1-8-14(16(19)20)15(9-10)18-25(22,23)13-6-4-12(5-7-13)24(21)11-2-3-11/h1,4-9,11,18H,2-3H2,(H,19,20). The number of rotatable bonds is 6. The molecule has 0 radical (unpaired) electrons. The average molecular weight is 383 g/mol. The van der Waals surface area contributed by atoms with Crippen LogP contribution in [0, 0.1) is 5.82 Å². The van der Waals surface area contributed by atoms with Crippen molar-refractivity contribution in [1.82, 2.24) is 0 Å². The van der Waals surface area contributed by atoms with Crippen molar-refractivity contribution in [2.75, 3.05) is 4.72 Å². The molecule has 0 spiro atoms. The molecule has 132 valence electrons. The molecule has 6 nitrogen and oxygen atoms in total. The number of aromatic carboxylic acids is 1. The number of carbonyl (C=O) groups is 1. The van der Waals surface area contributed by atoms with E-state index in [4.69, 9.17) is 5.11 Å². The molecule has 1 saturated carbocycles. The molecule has 0 amide bonds. The molecule has 9 heteroatoms. The summed E-state index contributed by atoms with van der Waals surface area (Å²) in [6.45, 7) is 0. The zero-order valence-electron chi connectivity index (χ0n) is 12.8. The highest BCUT2D eigenvalue weighted by Crippen LogP contribution is 2.30. The molecular formula is C16H14FNO5S2. The van der Waals surface area contributed by atoms with Crippen LogP contribution in [0.4, 0.5) is 10.1 Å². The Morgan fingerprint density at radius 1 is 1.16 bits per heavy atom. The van der Waals surface area contributed by atoms with Crippen molar-refractivity contribution in [2.45, 2.75) is 27.9 Å². The summed E-state index contributed by atoms with van der Waals surface area (Å²) in [4.78, 5) is 11.6. The molecule has 0 bridgehead atoms. The number of benzene rings is 2. The number of halogens is 1. The number of carboxylic acid groups (broad SMARTS) is 1. The second kappa shape index (κ2) is 6.57. The number of nitrogens with one attached hydrogen (secondary N) is 1. The van der Waals surface area contributed by atoms with E-state index < -0.39 is 32.6 Å². The van der Waals surface area contributed by atoms with Crippen molar-refractivity contribution in [3.8, 4) is 0 Å². The Hall–Kier alpha value is -2.26. The maximum absolute atomic E-state index is 13.3. The van der Waals surface area contributed by atoms with Crippen molar-refractivity contribution in [3.05, 3.63) is 53.8 Å². The Bertz CT molecular complexity index is 953. The van der Waals surface area contributed by atoms with E-state index in [2.05, 4.69) is 4.72 Å². The maximum Gasteiger partial charge on any atom is 0.337 e. The molecule has 0 aliphatic heterocycles. The summed E-state index contributed by atoms with van der Waals surface area (Å²) >= 11 is 0. The van der Waals surface area contributed by atoms with Gasteiger partial charge in [-0.3, -0.25) is 8.93 Å². The van der Waals surface area contributed by atoms with Crippen molar-refractivity contribution in [3.63, 3.8) is 0 Å².